The Morgan fingerprint density at radius 1 is 0.560 bits per heavy atom. The summed E-state index contributed by atoms with van der Waals surface area (Å²) in [5.41, 5.74) is 2.98. The lowest BCUT2D eigenvalue weighted by Gasteiger charge is -1.92. The van der Waals surface area contributed by atoms with E-state index in [1.807, 2.05) is 122 Å². The van der Waals surface area contributed by atoms with Gasteiger partial charge in [-0.2, -0.15) is 0 Å². The van der Waals surface area contributed by atoms with Crippen LogP contribution < -0.4 is 0 Å². The summed E-state index contributed by atoms with van der Waals surface area (Å²) in [6.45, 7) is 16.0. The van der Waals surface area contributed by atoms with Crippen molar-refractivity contribution < 1.29 is 4.52 Å². The molecule has 0 radical (unpaired) electrons. The first-order chi connectivity index (χ1) is 12.4. The van der Waals surface area contributed by atoms with Gasteiger partial charge in [0.2, 0.25) is 0 Å². The second-order valence-corrected chi connectivity index (χ2v) is 3.81. The maximum atomic E-state index is 5.36. The van der Waals surface area contributed by atoms with Crippen LogP contribution in [0, 0.1) is 0 Å². The van der Waals surface area contributed by atoms with Gasteiger partial charge in [0.15, 0.2) is 5.76 Å². The average Bonchev–Trinajstić information content (AvgIpc) is 3.26. The highest BCUT2D eigenvalue weighted by Crippen LogP contribution is 2.25. The molecule has 0 saturated heterocycles. The molecule has 25 heavy (non-hydrogen) atoms. The van der Waals surface area contributed by atoms with Gasteiger partial charge in [-0.05, 0) is 0 Å². The molecule has 0 saturated carbocycles. The van der Waals surface area contributed by atoms with Crippen molar-refractivity contribution in [1.82, 2.24) is 5.16 Å². The summed E-state index contributed by atoms with van der Waals surface area (Å²) in [5.74, 6) is 0.796. The van der Waals surface area contributed by atoms with E-state index >= 15 is 0 Å². The molecule has 138 valence electrons. The van der Waals surface area contributed by atoms with Crippen LogP contribution in [0.4, 0.5) is 0 Å². The predicted octanol–water partition coefficient (Wildman–Crippen LogP) is 8.11. The van der Waals surface area contributed by atoms with Crippen molar-refractivity contribution in [3.63, 3.8) is 0 Å². The number of benzene rings is 2. The summed E-state index contributed by atoms with van der Waals surface area (Å²) in [6, 6.07) is 22.0. The van der Waals surface area contributed by atoms with Crippen molar-refractivity contribution in [3.8, 4) is 22.6 Å². The van der Waals surface area contributed by atoms with Gasteiger partial charge in [-0.1, -0.05) is 121 Å². The molecule has 0 fully saturated rings. The summed E-state index contributed by atoms with van der Waals surface area (Å²) in [6.07, 6.45) is 0. The van der Waals surface area contributed by atoms with Crippen LogP contribution in [0.15, 0.2) is 71.3 Å². The lowest BCUT2D eigenvalue weighted by Crippen LogP contribution is -1.73. The fraction of sp³-hybridized carbons (Fsp3) is 0.348. The topological polar surface area (TPSA) is 26.0 Å². The first-order valence-electron chi connectivity index (χ1n) is 9.51. The van der Waals surface area contributed by atoms with Crippen LogP contribution in [0.5, 0.6) is 0 Å². The molecule has 1 aromatic heterocycles. The quantitative estimate of drug-likeness (QED) is 0.470. The first-order valence-corrected chi connectivity index (χ1v) is 9.51. The fourth-order valence-electron chi connectivity index (χ4n) is 1.76. The maximum Gasteiger partial charge on any atom is 0.167 e. The van der Waals surface area contributed by atoms with Crippen LogP contribution in [0.1, 0.15) is 55.4 Å². The molecule has 2 heteroatoms. The van der Waals surface area contributed by atoms with E-state index < -0.39 is 0 Å². The molecule has 0 spiro atoms. The fourth-order valence-corrected chi connectivity index (χ4v) is 1.76. The molecule has 1 heterocycles. The van der Waals surface area contributed by atoms with Crippen LogP contribution >= 0.6 is 0 Å². The van der Waals surface area contributed by atoms with Crippen molar-refractivity contribution in [2.24, 2.45) is 0 Å². The van der Waals surface area contributed by atoms with E-state index in [2.05, 4.69) is 5.16 Å². The lowest BCUT2D eigenvalue weighted by atomic mass is 10.1. The monoisotopic (exact) mass is 341 g/mol. The van der Waals surface area contributed by atoms with Gasteiger partial charge in [-0.25, -0.2) is 0 Å². The molecule has 0 amide bonds. The van der Waals surface area contributed by atoms with Crippen LogP contribution in [0.3, 0.4) is 0 Å². The summed E-state index contributed by atoms with van der Waals surface area (Å²) in [4.78, 5) is 0. The average molecular weight is 342 g/mol. The zero-order valence-corrected chi connectivity index (χ0v) is 17.2. The first kappa shape index (κ1) is 24.9. The molecule has 0 aliphatic heterocycles. The Morgan fingerprint density at radius 2 is 0.960 bits per heavy atom. The SMILES string of the molecule is CC.CC.CC.CC.c1ccc(-c2cc(-c3ccccc3)on2)cc1. The minimum absolute atomic E-state index is 0.796. The molecule has 0 atom stereocenters. The van der Waals surface area contributed by atoms with Crippen LogP contribution in [-0.4, -0.2) is 5.16 Å². The van der Waals surface area contributed by atoms with Gasteiger partial charge < -0.3 is 4.52 Å². The summed E-state index contributed by atoms with van der Waals surface area (Å²) >= 11 is 0. The van der Waals surface area contributed by atoms with Crippen LogP contribution in [0.2, 0.25) is 0 Å². The van der Waals surface area contributed by atoms with E-state index in [0.29, 0.717) is 0 Å². The number of nitrogens with zero attached hydrogens (tertiary/aromatic N) is 1. The molecule has 0 unspecified atom stereocenters. The third-order valence-electron chi connectivity index (χ3n) is 2.64. The zero-order chi connectivity index (χ0) is 19.5. The molecule has 0 N–H and O–H groups in total. The largest absolute Gasteiger partial charge is 0.356 e. The molecule has 3 rings (SSSR count). The van der Waals surface area contributed by atoms with E-state index in [-0.39, 0.29) is 0 Å². The Morgan fingerprint density at radius 3 is 1.40 bits per heavy atom. The standard InChI is InChI=1S/C15H11NO.4C2H6/c1-3-7-12(8-4-1)14-11-15(17-16-14)13-9-5-2-6-10-13;4*1-2/h1-11H;4*1-2H3. The molecule has 0 bridgehead atoms. The third-order valence-corrected chi connectivity index (χ3v) is 2.64. The Labute approximate surface area is 154 Å². The second kappa shape index (κ2) is 18.0. The molecule has 2 aromatic carbocycles. The molecular weight excluding hydrogens is 306 g/mol. The van der Waals surface area contributed by atoms with Gasteiger partial charge >= 0.3 is 0 Å². The molecule has 2 nitrogen and oxygen atoms in total. The van der Waals surface area contributed by atoms with Crippen LogP contribution in [0.25, 0.3) is 22.6 Å². The van der Waals surface area contributed by atoms with E-state index in [9.17, 15) is 0 Å². The minimum Gasteiger partial charge on any atom is -0.356 e. The van der Waals surface area contributed by atoms with E-state index in [1.165, 1.54) is 0 Å². The van der Waals surface area contributed by atoms with Gasteiger partial charge in [0, 0.05) is 17.2 Å². The normalized spacial score (nSPS) is 8.00. The number of hydrogen-bond acceptors (Lipinski definition) is 2. The third kappa shape index (κ3) is 8.90. The van der Waals surface area contributed by atoms with Crippen molar-refractivity contribution in [3.05, 3.63) is 66.7 Å². The van der Waals surface area contributed by atoms with Crippen molar-refractivity contribution in [2.75, 3.05) is 0 Å². The second-order valence-electron chi connectivity index (χ2n) is 3.81. The Kier molecular flexibility index (Phi) is 17.9. The van der Waals surface area contributed by atoms with Crippen LogP contribution in [-0.2, 0) is 0 Å². The molecule has 3 aromatic rings. The predicted molar refractivity (Wildman–Crippen MR) is 113 cm³/mol. The highest BCUT2D eigenvalue weighted by atomic mass is 16.5. The molecular formula is C23H35NO. The van der Waals surface area contributed by atoms with Gasteiger partial charge in [0.05, 0.1) is 0 Å². The number of rotatable bonds is 2. The summed E-state index contributed by atoms with van der Waals surface area (Å²) < 4.78 is 5.36. The van der Waals surface area contributed by atoms with E-state index in [0.717, 1.165) is 22.6 Å². The van der Waals surface area contributed by atoms with Crippen molar-refractivity contribution >= 4 is 0 Å². The Hall–Kier alpha value is -2.35. The van der Waals surface area contributed by atoms with Crippen molar-refractivity contribution in [2.45, 2.75) is 55.4 Å². The van der Waals surface area contributed by atoms with Crippen molar-refractivity contribution in [1.29, 1.82) is 0 Å². The Bertz CT molecular complexity index is 546. The minimum atomic E-state index is 0.796. The number of aromatic nitrogens is 1. The number of hydrogen-bond donors (Lipinski definition) is 0. The lowest BCUT2D eigenvalue weighted by molar-refractivity contribution is 0.435. The van der Waals surface area contributed by atoms with E-state index in [4.69, 9.17) is 4.52 Å². The highest BCUT2D eigenvalue weighted by Gasteiger charge is 2.07. The smallest absolute Gasteiger partial charge is 0.167 e. The Balaban J connectivity index is 0. The summed E-state index contributed by atoms with van der Waals surface area (Å²) in [5, 5.41) is 4.09. The summed E-state index contributed by atoms with van der Waals surface area (Å²) in [7, 11) is 0. The molecule has 0 aliphatic rings. The van der Waals surface area contributed by atoms with Gasteiger partial charge in [-0.15, -0.1) is 0 Å². The zero-order valence-electron chi connectivity index (χ0n) is 17.2. The molecule has 0 aliphatic carbocycles. The van der Waals surface area contributed by atoms with Gasteiger partial charge in [-0.3, -0.25) is 0 Å². The maximum absolute atomic E-state index is 5.36. The van der Waals surface area contributed by atoms with E-state index in [1.54, 1.807) is 0 Å². The highest BCUT2D eigenvalue weighted by molar-refractivity contribution is 5.66. The van der Waals surface area contributed by atoms with Gasteiger partial charge in [0.25, 0.3) is 0 Å². The van der Waals surface area contributed by atoms with Gasteiger partial charge in [0.1, 0.15) is 5.69 Å².